The predicted molar refractivity (Wildman–Crippen MR) is 72.5 cm³/mol. The van der Waals surface area contributed by atoms with Gasteiger partial charge in [-0.1, -0.05) is 52.4 Å². The van der Waals surface area contributed by atoms with Crippen molar-refractivity contribution in [3.8, 4) is 0 Å². The van der Waals surface area contributed by atoms with E-state index in [4.69, 9.17) is 5.73 Å². The lowest BCUT2D eigenvalue weighted by Gasteiger charge is -2.26. The first-order chi connectivity index (χ1) is 7.79. The predicted octanol–water partition coefficient (Wildman–Crippen LogP) is 4.50. The molecule has 0 aromatic heterocycles. The zero-order valence-electron chi connectivity index (χ0n) is 11.4. The third-order valence-electron chi connectivity index (χ3n) is 4.48. The van der Waals surface area contributed by atoms with E-state index in [0.717, 1.165) is 12.5 Å². The summed E-state index contributed by atoms with van der Waals surface area (Å²) in [6, 6.07) is 0. The molecule has 1 aliphatic rings. The maximum atomic E-state index is 5.97. The first kappa shape index (κ1) is 14.0. The quantitative estimate of drug-likeness (QED) is 0.544. The molecule has 0 aliphatic heterocycles. The lowest BCUT2D eigenvalue weighted by atomic mass is 9.81. The SMILES string of the molecule is CCCCCCC(CCCC)C1(CN)CC1. The van der Waals surface area contributed by atoms with Crippen molar-refractivity contribution in [2.75, 3.05) is 6.54 Å². The Kier molecular flexibility index (Phi) is 6.41. The molecule has 1 rings (SSSR count). The first-order valence-electron chi connectivity index (χ1n) is 7.49. The molecule has 1 aliphatic carbocycles. The third kappa shape index (κ3) is 4.08. The smallest absolute Gasteiger partial charge is 0.00179 e. The van der Waals surface area contributed by atoms with E-state index in [-0.39, 0.29) is 0 Å². The second-order valence-electron chi connectivity index (χ2n) is 5.75. The van der Waals surface area contributed by atoms with Crippen molar-refractivity contribution in [2.45, 2.75) is 78.1 Å². The van der Waals surface area contributed by atoms with E-state index in [2.05, 4.69) is 13.8 Å². The summed E-state index contributed by atoms with van der Waals surface area (Å²) in [6.45, 7) is 5.53. The molecule has 0 radical (unpaired) electrons. The van der Waals surface area contributed by atoms with Gasteiger partial charge < -0.3 is 5.73 Å². The standard InChI is InChI=1S/C15H31N/c1-3-5-7-8-10-14(9-6-4-2)15(13-16)11-12-15/h14H,3-13,16H2,1-2H3. The van der Waals surface area contributed by atoms with Crippen LogP contribution in [0.2, 0.25) is 0 Å². The molecule has 0 amide bonds. The number of hydrogen-bond donors (Lipinski definition) is 1. The van der Waals surface area contributed by atoms with E-state index < -0.39 is 0 Å². The Morgan fingerprint density at radius 2 is 1.56 bits per heavy atom. The van der Waals surface area contributed by atoms with Crippen LogP contribution in [0.1, 0.15) is 78.1 Å². The van der Waals surface area contributed by atoms with Crippen molar-refractivity contribution >= 4 is 0 Å². The molecule has 1 nitrogen and oxygen atoms in total. The number of unbranched alkanes of at least 4 members (excludes halogenated alkanes) is 4. The van der Waals surface area contributed by atoms with Crippen LogP contribution in [-0.2, 0) is 0 Å². The third-order valence-corrected chi connectivity index (χ3v) is 4.48. The van der Waals surface area contributed by atoms with E-state index >= 15 is 0 Å². The Labute approximate surface area is 102 Å². The minimum Gasteiger partial charge on any atom is -0.330 e. The summed E-state index contributed by atoms with van der Waals surface area (Å²) in [4.78, 5) is 0. The first-order valence-corrected chi connectivity index (χ1v) is 7.49. The van der Waals surface area contributed by atoms with Crippen molar-refractivity contribution in [1.29, 1.82) is 0 Å². The van der Waals surface area contributed by atoms with Gasteiger partial charge in [0.15, 0.2) is 0 Å². The molecular formula is C15H31N. The normalized spacial score (nSPS) is 19.7. The zero-order chi connectivity index (χ0) is 11.9. The zero-order valence-corrected chi connectivity index (χ0v) is 11.4. The highest BCUT2D eigenvalue weighted by molar-refractivity contribution is 4.98. The fraction of sp³-hybridized carbons (Fsp3) is 1.00. The van der Waals surface area contributed by atoms with Gasteiger partial charge in [-0.3, -0.25) is 0 Å². The van der Waals surface area contributed by atoms with Crippen LogP contribution in [0.25, 0.3) is 0 Å². The lowest BCUT2D eigenvalue weighted by molar-refractivity contribution is 0.263. The van der Waals surface area contributed by atoms with Crippen LogP contribution in [0.3, 0.4) is 0 Å². The van der Waals surface area contributed by atoms with E-state index in [1.165, 1.54) is 64.2 Å². The second-order valence-corrected chi connectivity index (χ2v) is 5.75. The number of rotatable bonds is 10. The highest BCUT2D eigenvalue weighted by Gasteiger charge is 2.46. The van der Waals surface area contributed by atoms with Gasteiger partial charge in [0.2, 0.25) is 0 Å². The molecule has 1 heteroatoms. The summed E-state index contributed by atoms with van der Waals surface area (Å²) in [7, 11) is 0. The minimum absolute atomic E-state index is 0.585. The fourth-order valence-electron chi connectivity index (χ4n) is 2.96. The van der Waals surface area contributed by atoms with Gasteiger partial charge in [-0.05, 0) is 43.6 Å². The van der Waals surface area contributed by atoms with Crippen LogP contribution < -0.4 is 5.73 Å². The molecule has 0 heterocycles. The van der Waals surface area contributed by atoms with Gasteiger partial charge in [0, 0.05) is 0 Å². The lowest BCUT2D eigenvalue weighted by Crippen LogP contribution is -2.25. The average Bonchev–Trinajstić information content (AvgIpc) is 3.09. The maximum Gasteiger partial charge on any atom is -0.00179 e. The highest BCUT2D eigenvalue weighted by atomic mass is 14.7. The van der Waals surface area contributed by atoms with Gasteiger partial charge in [0.05, 0.1) is 0 Å². The van der Waals surface area contributed by atoms with Gasteiger partial charge in [0.1, 0.15) is 0 Å². The Morgan fingerprint density at radius 1 is 0.938 bits per heavy atom. The average molecular weight is 225 g/mol. The van der Waals surface area contributed by atoms with Crippen molar-refractivity contribution < 1.29 is 0 Å². The number of nitrogens with two attached hydrogens (primary N) is 1. The fourth-order valence-corrected chi connectivity index (χ4v) is 2.96. The van der Waals surface area contributed by atoms with Crippen molar-refractivity contribution in [3.05, 3.63) is 0 Å². The molecular weight excluding hydrogens is 194 g/mol. The summed E-state index contributed by atoms with van der Waals surface area (Å²) < 4.78 is 0. The van der Waals surface area contributed by atoms with Crippen LogP contribution in [0, 0.1) is 11.3 Å². The summed E-state index contributed by atoms with van der Waals surface area (Å²) in [5.74, 6) is 0.939. The molecule has 1 fully saturated rings. The van der Waals surface area contributed by atoms with E-state index in [9.17, 15) is 0 Å². The van der Waals surface area contributed by atoms with E-state index in [0.29, 0.717) is 5.41 Å². The van der Waals surface area contributed by atoms with Crippen molar-refractivity contribution in [1.82, 2.24) is 0 Å². The number of hydrogen-bond acceptors (Lipinski definition) is 1. The van der Waals surface area contributed by atoms with Crippen LogP contribution in [0.4, 0.5) is 0 Å². The molecule has 0 bridgehead atoms. The summed E-state index contributed by atoms with van der Waals surface area (Å²) >= 11 is 0. The van der Waals surface area contributed by atoms with Crippen LogP contribution in [0.15, 0.2) is 0 Å². The Bertz CT molecular complexity index is 172. The van der Waals surface area contributed by atoms with Gasteiger partial charge in [-0.25, -0.2) is 0 Å². The topological polar surface area (TPSA) is 26.0 Å². The molecule has 16 heavy (non-hydrogen) atoms. The Hall–Kier alpha value is -0.0400. The Balaban J connectivity index is 2.27. The largest absolute Gasteiger partial charge is 0.330 e. The summed E-state index contributed by atoms with van der Waals surface area (Å²) in [5, 5.41) is 0. The summed E-state index contributed by atoms with van der Waals surface area (Å²) in [5.41, 5.74) is 6.56. The Morgan fingerprint density at radius 3 is 2.06 bits per heavy atom. The summed E-state index contributed by atoms with van der Waals surface area (Å²) in [6.07, 6.45) is 14.1. The van der Waals surface area contributed by atoms with Crippen molar-refractivity contribution in [3.63, 3.8) is 0 Å². The van der Waals surface area contributed by atoms with E-state index in [1.54, 1.807) is 0 Å². The van der Waals surface area contributed by atoms with Gasteiger partial charge in [-0.15, -0.1) is 0 Å². The van der Waals surface area contributed by atoms with Gasteiger partial charge in [-0.2, -0.15) is 0 Å². The molecule has 2 N–H and O–H groups in total. The molecule has 0 spiro atoms. The van der Waals surface area contributed by atoms with Crippen LogP contribution in [0.5, 0.6) is 0 Å². The molecule has 96 valence electrons. The van der Waals surface area contributed by atoms with E-state index in [1.807, 2.05) is 0 Å². The monoisotopic (exact) mass is 225 g/mol. The molecule has 1 saturated carbocycles. The second kappa shape index (κ2) is 7.32. The van der Waals surface area contributed by atoms with Crippen molar-refractivity contribution in [2.24, 2.45) is 17.1 Å². The minimum atomic E-state index is 0.585. The molecule has 0 aromatic carbocycles. The van der Waals surface area contributed by atoms with Crippen LogP contribution >= 0.6 is 0 Å². The molecule has 0 aromatic rings. The van der Waals surface area contributed by atoms with Gasteiger partial charge >= 0.3 is 0 Å². The maximum absolute atomic E-state index is 5.97. The van der Waals surface area contributed by atoms with Gasteiger partial charge in [0.25, 0.3) is 0 Å². The van der Waals surface area contributed by atoms with Crippen LogP contribution in [-0.4, -0.2) is 6.54 Å². The molecule has 1 unspecified atom stereocenters. The highest BCUT2D eigenvalue weighted by Crippen LogP contribution is 2.54. The molecule has 1 atom stereocenters. The molecule has 0 saturated heterocycles.